The minimum absolute atomic E-state index is 0.0123. The largest absolute Gasteiger partial charge is 0.336 e. The van der Waals surface area contributed by atoms with Crippen molar-refractivity contribution in [2.24, 2.45) is 22.1 Å². The zero-order chi connectivity index (χ0) is 20.7. The molecule has 3 unspecified atom stereocenters. The van der Waals surface area contributed by atoms with Gasteiger partial charge in [-0.3, -0.25) is 9.59 Å². The molecule has 2 amide bonds. The zero-order valence-electron chi connectivity index (χ0n) is 17.5. The van der Waals surface area contributed by atoms with Crippen molar-refractivity contribution >= 4 is 32.9 Å². The number of fused-ring (bicyclic) bond motifs is 1. The third-order valence-corrected chi connectivity index (χ3v) is 10.5. The molecule has 0 bridgehead atoms. The smallest absolute Gasteiger partial charge is 0.273 e. The number of carbonyl (C=O) groups is 2. The highest BCUT2D eigenvalue weighted by atomic mass is 32.2. The van der Waals surface area contributed by atoms with Crippen LogP contribution in [0.2, 0.25) is 0 Å². The number of hydrogen-bond donors (Lipinski definition) is 0. The van der Waals surface area contributed by atoms with Crippen LogP contribution >= 0.6 is 11.3 Å². The normalized spacial score (nSPS) is 34.3. The molecule has 1 saturated heterocycles. The molecule has 3 aliphatic carbocycles. The van der Waals surface area contributed by atoms with Crippen LogP contribution in [-0.4, -0.2) is 50.5 Å². The maximum absolute atomic E-state index is 13.4. The van der Waals surface area contributed by atoms with Crippen LogP contribution in [-0.2, 0) is 14.5 Å². The molecule has 0 aromatic carbocycles. The highest BCUT2D eigenvalue weighted by Crippen LogP contribution is 2.54. The van der Waals surface area contributed by atoms with E-state index < -0.39 is 9.73 Å². The number of hydrogen-bond acceptors (Lipinski definition) is 5. The van der Waals surface area contributed by atoms with Crippen LogP contribution in [0.5, 0.6) is 0 Å². The Morgan fingerprint density at radius 1 is 1.00 bits per heavy atom. The van der Waals surface area contributed by atoms with Crippen LogP contribution in [0.1, 0.15) is 79.2 Å². The van der Waals surface area contributed by atoms with E-state index in [0.717, 1.165) is 17.8 Å². The summed E-state index contributed by atoms with van der Waals surface area (Å²) in [6.07, 6.45) is 10.2. The molecular weight excluding hydrogens is 418 g/mol. The van der Waals surface area contributed by atoms with Crippen molar-refractivity contribution in [1.82, 2.24) is 9.88 Å². The lowest BCUT2D eigenvalue weighted by molar-refractivity contribution is -0.119. The zero-order valence-corrected chi connectivity index (χ0v) is 19.1. The van der Waals surface area contributed by atoms with E-state index in [1.807, 2.05) is 5.38 Å². The van der Waals surface area contributed by atoms with E-state index in [1.54, 1.807) is 16.2 Å². The average Bonchev–Trinajstić information content (AvgIpc) is 3.61. The number of carbonyl (C=O) groups excluding carboxylic acids is 2. The molecule has 4 fully saturated rings. The van der Waals surface area contributed by atoms with Gasteiger partial charge in [0, 0.05) is 41.8 Å². The van der Waals surface area contributed by atoms with Gasteiger partial charge in [-0.2, -0.15) is 4.36 Å². The molecule has 164 valence electrons. The summed E-state index contributed by atoms with van der Waals surface area (Å²) in [5.41, 5.74) is 0.512. The Hall–Kier alpha value is -1.28. The summed E-state index contributed by atoms with van der Waals surface area (Å²) < 4.78 is 17.7. The van der Waals surface area contributed by atoms with Crippen LogP contribution in [0.3, 0.4) is 0 Å². The second-order valence-electron chi connectivity index (χ2n) is 9.45. The summed E-state index contributed by atoms with van der Waals surface area (Å²) in [6, 6.07) is 0. The van der Waals surface area contributed by atoms with Gasteiger partial charge in [-0.05, 0) is 43.9 Å². The molecule has 1 aromatic rings. The highest BCUT2D eigenvalue weighted by Gasteiger charge is 2.53. The predicted molar refractivity (Wildman–Crippen MR) is 118 cm³/mol. The second kappa shape index (κ2) is 8.34. The van der Waals surface area contributed by atoms with E-state index in [2.05, 4.69) is 9.35 Å². The maximum Gasteiger partial charge on any atom is 0.273 e. The van der Waals surface area contributed by atoms with Gasteiger partial charge in [-0.15, -0.1) is 11.3 Å². The van der Waals surface area contributed by atoms with Crippen molar-refractivity contribution in [3.05, 3.63) is 16.1 Å². The fraction of sp³-hybridized carbons (Fsp3) is 0.773. The molecule has 0 spiro atoms. The molecule has 6 nitrogen and oxygen atoms in total. The van der Waals surface area contributed by atoms with Crippen molar-refractivity contribution in [3.63, 3.8) is 0 Å². The lowest BCUT2D eigenvalue weighted by atomic mass is 10.0. The van der Waals surface area contributed by atoms with E-state index >= 15 is 0 Å². The van der Waals surface area contributed by atoms with Crippen LogP contribution in [0, 0.1) is 17.8 Å². The minimum Gasteiger partial charge on any atom is -0.336 e. The molecule has 0 radical (unpaired) electrons. The first-order valence-corrected chi connectivity index (χ1v) is 14.3. The molecule has 1 aliphatic heterocycles. The first kappa shape index (κ1) is 20.6. The Bertz CT molecular complexity index is 931. The Morgan fingerprint density at radius 2 is 1.73 bits per heavy atom. The molecule has 3 atom stereocenters. The minimum atomic E-state index is -2.58. The van der Waals surface area contributed by atoms with Crippen molar-refractivity contribution < 1.29 is 13.8 Å². The molecule has 5 rings (SSSR count). The van der Waals surface area contributed by atoms with Gasteiger partial charge < -0.3 is 4.90 Å². The van der Waals surface area contributed by atoms with E-state index in [9.17, 15) is 13.8 Å². The summed E-state index contributed by atoms with van der Waals surface area (Å²) in [7, 11) is -2.58. The SMILES string of the molecule is O=C(N=S1(=O)CCCN(C(=O)c2csc(C3CC3)n2)CC1)C1C2CCCCCCC21. The average molecular weight is 450 g/mol. The summed E-state index contributed by atoms with van der Waals surface area (Å²) in [5.74, 6) is 2.01. The quantitative estimate of drug-likeness (QED) is 0.696. The van der Waals surface area contributed by atoms with Gasteiger partial charge in [0.15, 0.2) is 0 Å². The van der Waals surface area contributed by atoms with Gasteiger partial charge in [0.05, 0.1) is 14.7 Å². The Kier molecular flexibility index (Phi) is 5.73. The van der Waals surface area contributed by atoms with Gasteiger partial charge in [0.2, 0.25) is 0 Å². The fourth-order valence-corrected chi connectivity index (χ4v) is 8.13. The summed E-state index contributed by atoms with van der Waals surface area (Å²) in [5, 5.41) is 2.92. The van der Waals surface area contributed by atoms with Crippen molar-refractivity contribution in [3.8, 4) is 0 Å². The molecular formula is C22H31N3O3S2. The third kappa shape index (κ3) is 4.35. The van der Waals surface area contributed by atoms with Gasteiger partial charge in [0.1, 0.15) is 5.69 Å². The highest BCUT2D eigenvalue weighted by molar-refractivity contribution is 7.93. The summed E-state index contributed by atoms with van der Waals surface area (Å²) >= 11 is 1.57. The van der Waals surface area contributed by atoms with Crippen LogP contribution in [0.15, 0.2) is 9.74 Å². The number of amides is 2. The van der Waals surface area contributed by atoms with E-state index in [1.165, 1.54) is 38.5 Å². The molecule has 4 aliphatic rings. The summed E-state index contributed by atoms with van der Waals surface area (Å²) in [4.78, 5) is 32.0. The fourth-order valence-electron chi connectivity index (χ4n) is 5.24. The Morgan fingerprint density at radius 3 is 2.43 bits per heavy atom. The lowest BCUT2D eigenvalue weighted by Crippen LogP contribution is -2.33. The molecule has 0 N–H and O–H groups in total. The number of aromatic nitrogens is 1. The van der Waals surface area contributed by atoms with Crippen LogP contribution < -0.4 is 0 Å². The Labute approximate surface area is 183 Å². The maximum atomic E-state index is 13.4. The van der Waals surface area contributed by atoms with Crippen LogP contribution in [0.25, 0.3) is 0 Å². The lowest BCUT2D eigenvalue weighted by Gasteiger charge is -2.18. The number of rotatable bonds is 3. The molecule has 8 heteroatoms. The summed E-state index contributed by atoms with van der Waals surface area (Å²) in [6.45, 7) is 0.951. The van der Waals surface area contributed by atoms with E-state index in [0.29, 0.717) is 54.5 Å². The van der Waals surface area contributed by atoms with E-state index in [-0.39, 0.29) is 17.7 Å². The number of nitrogens with zero attached hydrogens (tertiary/aromatic N) is 3. The Balaban J connectivity index is 1.23. The third-order valence-electron chi connectivity index (χ3n) is 7.22. The standard InChI is InChI=1S/C22H31N3O3S2/c26-20(19-16-6-3-1-2-4-7-17(16)19)24-30(28)12-5-10-25(11-13-30)22(27)18-14-29-21(23-18)15-8-9-15/h14-17,19H,1-13H2. The topological polar surface area (TPSA) is 79.7 Å². The second-order valence-corrected chi connectivity index (χ2v) is 12.9. The molecule has 2 heterocycles. The van der Waals surface area contributed by atoms with Gasteiger partial charge in [-0.25, -0.2) is 9.19 Å². The van der Waals surface area contributed by atoms with Crippen molar-refractivity contribution in [2.45, 2.75) is 63.7 Å². The van der Waals surface area contributed by atoms with Crippen LogP contribution in [0.4, 0.5) is 0 Å². The predicted octanol–water partition coefficient (Wildman–Crippen LogP) is 4.08. The van der Waals surface area contributed by atoms with Gasteiger partial charge in [0.25, 0.3) is 11.8 Å². The van der Waals surface area contributed by atoms with Gasteiger partial charge in [-0.1, -0.05) is 25.7 Å². The molecule has 3 saturated carbocycles. The monoisotopic (exact) mass is 449 g/mol. The van der Waals surface area contributed by atoms with E-state index in [4.69, 9.17) is 0 Å². The first-order valence-electron chi connectivity index (χ1n) is 11.6. The van der Waals surface area contributed by atoms with Crippen molar-refractivity contribution in [2.75, 3.05) is 24.6 Å². The van der Waals surface area contributed by atoms with Gasteiger partial charge >= 0.3 is 0 Å². The number of thiazole rings is 1. The first-order chi connectivity index (χ1) is 14.5. The molecule has 1 aromatic heterocycles. The van der Waals surface area contributed by atoms with Crippen molar-refractivity contribution in [1.29, 1.82) is 0 Å². The molecule has 30 heavy (non-hydrogen) atoms.